The summed E-state index contributed by atoms with van der Waals surface area (Å²) in [4.78, 5) is 0.143. The molecule has 0 saturated heterocycles. The molecule has 0 amide bonds. The lowest BCUT2D eigenvalue weighted by Gasteiger charge is -2.21. The summed E-state index contributed by atoms with van der Waals surface area (Å²) in [5.74, 6) is 1.99. The predicted molar refractivity (Wildman–Crippen MR) is 75.9 cm³/mol. The summed E-state index contributed by atoms with van der Waals surface area (Å²) < 4.78 is 32.3. The van der Waals surface area contributed by atoms with Gasteiger partial charge in [0.1, 0.15) is 10.4 Å². The molecule has 7 heteroatoms. The molecule has 1 heterocycles. The van der Waals surface area contributed by atoms with Gasteiger partial charge in [0, 0.05) is 6.54 Å². The molecule has 2 bridgehead atoms. The van der Waals surface area contributed by atoms with E-state index in [-0.39, 0.29) is 10.4 Å². The molecule has 2 saturated carbocycles. The van der Waals surface area contributed by atoms with E-state index in [1.165, 1.54) is 25.3 Å². The first-order valence-corrected chi connectivity index (χ1v) is 8.83. The Kier molecular flexibility index (Phi) is 3.00. The van der Waals surface area contributed by atoms with Crippen LogP contribution >= 0.6 is 0 Å². The third kappa shape index (κ3) is 2.24. The Hall–Kier alpha value is -1.47. The Morgan fingerprint density at radius 1 is 1.24 bits per heavy atom. The number of fused-ring (bicyclic) bond motifs is 3. The number of nitrogens with one attached hydrogen (secondary N) is 1. The van der Waals surface area contributed by atoms with Gasteiger partial charge in [-0.2, -0.15) is 0 Å². The van der Waals surface area contributed by atoms with Crippen molar-refractivity contribution in [2.75, 3.05) is 6.54 Å². The number of hydrogen-bond acceptors (Lipinski definition) is 5. The fraction of sp³-hybridized carbons (Fsp3) is 0.571. The Labute approximate surface area is 122 Å². The molecule has 0 radical (unpaired) electrons. The number of nitrogens with zero attached hydrogens (tertiary/aromatic N) is 2. The van der Waals surface area contributed by atoms with Crippen LogP contribution in [0.25, 0.3) is 11.0 Å². The van der Waals surface area contributed by atoms with E-state index in [0.29, 0.717) is 23.9 Å². The monoisotopic (exact) mass is 307 g/mol. The minimum atomic E-state index is -3.57. The van der Waals surface area contributed by atoms with E-state index in [1.54, 1.807) is 12.1 Å². The van der Waals surface area contributed by atoms with Gasteiger partial charge in [-0.25, -0.2) is 17.8 Å². The van der Waals surface area contributed by atoms with Gasteiger partial charge in [-0.1, -0.05) is 12.5 Å². The van der Waals surface area contributed by atoms with Crippen molar-refractivity contribution in [3.8, 4) is 0 Å². The highest BCUT2D eigenvalue weighted by Crippen LogP contribution is 2.48. The zero-order chi connectivity index (χ0) is 14.4. The van der Waals surface area contributed by atoms with E-state index in [9.17, 15) is 8.42 Å². The van der Waals surface area contributed by atoms with Crippen molar-refractivity contribution >= 4 is 21.1 Å². The summed E-state index contributed by atoms with van der Waals surface area (Å²) in [7, 11) is -3.57. The van der Waals surface area contributed by atoms with Gasteiger partial charge in [0.25, 0.3) is 0 Å². The average Bonchev–Trinajstić information content (AvgIpc) is 3.19. The minimum absolute atomic E-state index is 0.143. The van der Waals surface area contributed by atoms with Gasteiger partial charge in [0.05, 0.1) is 0 Å². The maximum Gasteiger partial charge on any atom is 0.242 e. The number of benzene rings is 1. The van der Waals surface area contributed by atoms with Crippen LogP contribution in [0.3, 0.4) is 0 Å². The molecule has 2 aliphatic rings. The molecular weight excluding hydrogens is 290 g/mol. The molecule has 0 unspecified atom stereocenters. The molecule has 0 aliphatic heterocycles. The highest BCUT2D eigenvalue weighted by molar-refractivity contribution is 7.89. The van der Waals surface area contributed by atoms with Crippen molar-refractivity contribution in [1.29, 1.82) is 0 Å². The van der Waals surface area contributed by atoms with Crippen LogP contribution in [0, 0.1) is 17.8 Å². The van der Waals surface area contributed by atoms with Crippen LogP contribution in [0.5, 0.6) is 0 Å². The van der Waals surface area contributed by atoms with Crippen molar-refractivity contribution in [1.82, 2.24) is 15.0 Å². The fourth-order valence-corrected chi connectivity index (χ4v) is 5.16. The standard InChI is InChI=1S/C14H17N3O3S/c18-21(19,13-3-1-2-12-14(13)17-20-16-12)15-8-11-7-9-4-5-10(11)6-9/h1-3,9-11,15H,4-8H2/t9-,10-,11+/m0/s1. The van der Waals surface area contributed by atoms with Gasteiger partial charge in [-0.15, -0.1) is 0 Å². The summed E-state index contributed by atoms with van der Waals surface area (Å²) >= 11 is 0. The first-order valence-electron chi connectivity index (χ1n) is 7.34. The van der Waals surface area contributed by atoms with Crippen LogP contribution < -0.4 is 4.72 Å². The van der Waals surface area contributed by atoms with E-state index >= 15 is 0 Å². The molecule has 21 heavy (non-hydrogen) atoms. The van der Waals surface area contributed by atoms with Crippen molar-refractivity contribution in [3.05, 3.63) is 18.2 Å². The number of rotatable bonds is 4. The molecule has 112 valence electrons. The zero-order valence-electron chi connectivity index (χ0n) is 11.5. The highest BCUT2D eigenvalue weighted by atomic mass is 32.2. The highest BCUT2D eigenvalue weighted by Gasteiger charge is 2.39. The second-order valence-corrected chi connectivity index (χ2v) is 7.91. The topological polar surface area (TPSA) is 85.1 Å². The SMILES string of the molecule is O=S(=O)(NC[C@H]1C[C@H]2CC[C@H]1C2)c1cccc2nonc12. The second kappa shape index (κ2) is 4.78. The van der Waals surface area contributed by atoms with Crippen LogP contribution in [-0.4, -0.2) is 25.3 Å². The van der Waals surface area contributed by atoms with E-state index < -0.39 is 10.0 Å². The summed E-state index contributed by atoms with van der Waals surface area (Å²) in [6, 6.07) is 4.87. The molecule has 2 aromatic rings. The second-order valence-electron chi connectivity index (χ2n) is 6.17. The Balaban J connectivity index is 1.55. The van der Waals surface area contributed by atoms with Crippen molar-refractivity contribution in [3.63, 3.8) is 0 Å². The Morgan fingerprint density at radius 3 is 2.90 bits per heavy atom. The van der Waals surface area contributed by atoms with E-state index in [2.05, 4.69) is 19.7 Å². The first kappa shape index (κ1) is 13.2. The molecular formula is C14H17N3O3S. The molecule has 4 rings (SSSR count). The third-order valence-corrected chi connectivity index (χ3v) is 6.41. The molecule has 1 N–H and O–H groups in total. The van der Waals surface area contributed by atoms with Crippen LogP contribution in [0.2, 0.25) is 0 Å². The van der Waals surface area contributed by atoms with Gasteiger partial charge < -0.3 is 0 Å². The quantitative estimate of drug-likeness (QED) is 0.933. The molecule has 6 nitrogen and oxygen atoms in total. The van der Waals surface area contributed by atoms with Crippen LogP contribution in [-0.2, 0) is 10.0 Å². The lowest BCUT2D eigenvalue weighted by molar-refractivity contribution is 0.315. The number of sulfonamides is 1. The molecule has 3 atom stereocenters. The molecule has 1 aromatic heterocycles. The Bertz CT molecular complexity index is 771. The third-order valence-electron chi connectivity index (χ3n) is 4.96. The maximum absolute atomic E-state index is 12.5. The van der Waals surface area contributed by atoms with E-state index in [4.69, 9.17) is 0 Å². The summed E-state index contributed by atoms with van der Waals surface area (Å²) in [5, 5.41) is 7.38. The van der Waals surface area contributed by atoms with Crippen molar-refractivity contribution < 1.29 is 13.0 Å². The molecule has 0 spiro atoms. The Morgan fingerprint density at radius 2 is 2.14 bits per heavy atom. The van der Waals surface area contributed by atoms with Gasteiger partial charge in [0.2, 0.25) is 10.0 Å². The molecule has 2 fully saturated rings. The normalized spacial score (nSPS) is 28.5. The van der Waals surface area contributed by atoms with Crippen molar-refractivity contribution in [2.24, 2.45) is 17.8 Å². The van der Waals surface area contributed by atoms with Crippen molar-refractivity contribution in [2.45, 2.75) is 30.6 Å². The summed E-state index contributed by atoms with van der Waals surface area (Å²) in [5.41, 5.74) is 0.746. The molecule has 2 aliphatic carbocycles. The van der Waals surface area contributed by atoms with Crippen LogP contribution in [0.15, 0.2) is 27.7 Å². The molecule has 1 aromatic carbocycles. The van der Waals surface area contributed by atoms with Crippen LogP contribution in [0.4, 0.5) is 0 Å². The van der Waals surface area contributed by atoms with Gasteiger partial charge in [-0.3, -0.25) is 0 Å². The average molecular weight is 307 g/mol. The minimum Gasteiger partial charge on any atom is -0.243 e. The first-order chi connectivity index (χ1) is 10.1. The largest absolute Gasteiger partial charge is 0.243 e. The predicted octanol–water partition coefficient (Wildman–Crippen LogP) is 1.94. The fourth-order valence-electron chi connectivity index (χ4n) is 3.92. The summed E-state index contributed by atoms with van der Waals surface area (Å²) in [6.45, 7) is 0.519. The van der Waals surface area contributed by atoms with Gasteiger partial charge >= 0.3 is 0 Å². The lowest BCUT2D eigenvalue weighted by atomic mass is 9.89. The smallest absolute Gasteiger partial charge is 0.242 e. The maximum atomic E-state index is 12.5. The lowest BCUT2D eigenvalue weighted by Crippen LogP contribution is -2.31. The van der Waals surface area contributed by atoms with Crippen LogP contribution in [0.1, 0.15) is 25.7 Å². The number of hydrogen-bond donors (Lipinski definition) is 1. The number of aromatic nitrogens is 2. The van der Waals surface area contributed by atoms with Gasteiger partial charge in [0.15, 0.2) is 5.52 Å². The summed E-state index contributed by atoms with van der Waals surface area (Å²) in [6.07, 6.45) is 5.00. The zero-order valence-corrected chi connectivity index (χ0v) is 12.3. The van der Waals surface area contributed by atoms with Gasteiger partial charge in [-0.05, 0) is 59.5 Å². The van der Waals surface area contributed by atoms with E-state index in [1.807, 2.05) is 0 Å². The van der Waals surface area contributed by atoms with E-state index in [0.717, 1.165) is 12.3 Å².